The van der Waals surface area contributed by atoms with Crippen LogP contribution in [-0.4, -0.2) is 32.7 Å². The summed E-state index contributed by atoms with van der Waals surface area (Å²) in [5.74, 6) is 3.05. The molecule has 0 atom stereocenters. The Morgan fingerprint density at radius 1 is 1.06 bits per heavy atom. The second-order valence-electron chi connectivity index (χ2n) is 9.11. The molecule has 2 aromatic heterocycles. The summed E-state index contributed by atoms with van der Waals surface area (Å²) in [6, 6.07) is 14.0. The van der Waals surface area contributed by atoms with Crippen LogP contribution < -0.4 is 10.1 Å². The maximum absolute atomic E-state index is 6.34. The first-order chi connectivity index (χ1) is 17.0. The van der Waals surface area contributed by atoms with Gasteiger partial charge in [0.25, 0.3) is 0 Å². The minimum Gasteiger partial charge on any atom is -0.493 e. The van der Waals surface area contributed by atoms with Crippen molar-refractivity contribution in [2.24, 2.45) is 5.92 Å². The number of imidazole rings is 1. The first kappa shape index (κ1) is 23.9. The molecule has 35 heavy (non-hydrogen) atoms. The number of ether oxygens (including phenoxy) is 1. The minimum absolute atomic E-state index is 0.181. The molecule has 0 saturated heterocycles. The van der Waals surface area contributed by atoms with E-state index in [9.17, 15) is 0 Å². The Hall–Kier alpha value is -2.83. The molecule has 0 radical (unpaired) electrons. The SMILES string of the molecule is CCOc1ccc(C)cc1-c1nc2nc(Cl)nc(NCCC3CCC3)c2n1Cc1ccc(Cl)cc1. The average Bonchev–Trinajstić information content (AvgIpc) is 3.16. The normalized spacial score (nSPS) is 13.7. The molecule has 1 saturated carbocycles. The predicted molar refractivity (Wildman–Crippen MR) is 143 cm³/mol. The van der Waals surface area contributed by atoms with Crippen molar-refractivity contribution in [2.75, 3.05) is 18.5 Å². The van der Waals surface area contributed by atoms with Crippen LogP contribution in [0, 0.1) is 12.8 Å². The van der Waals surface area contributed by atoms with E-state index in [4.69, 9.17) is 32.9 Å². The van der Waals surface area contributed by atoms with Crippen LogP contribution in [0.5, 0.6) is 5.75 Å². The van der Waals surface area contributed by atoms with Crippen molar-refractivity contribution >= 4 is 40.2 Å². The monoisotopic (exact) mass is 509 g/mol. The van der Waals surface area contributed by atoms with Gasteiger partial charge >= 0.3 is 0 Å². The van der Waals surface area contributed by atoms with Gasteiger partial charge in [0.15, 0.2) is 11.5 Å². The lowest BCUT2D eigenvalue weighted by Crippen LogP contribution is -2.16. The van der Waals surface area contributed by atoms with Crippen molar-refractivity contribution in [1.29, 1.82) is 0 Å². The van der Waals surface area contributed by atoms with E-state index in [1.165, 1.54) is 19.3 Å². The number of hydrogen-bond acceptors (Lipinski definition) is 5. The molecule has 0 amide bonds. The number of nitrogens with one attached hydrogen (secondary N) is 1. The summed E-state index contributed by atoms with van der Waals surface area (Å²) in [4.78, 5) is 14.0. The van der Waals surface area contributed by atoms with Crippen LogP contribution in [-0.2, 0) is 6.54 Å². The van der Waals surface area contributed by atoms with E-state index in [0.717, 1.165) is 52.7 Å². The van der Waals surface area contributed by atoms with Crippen LogP contribution in [0.2, 0.25) is 10.3 Å². The van der Waals surface area contributed by atoms with Crippen LogP contribution >= 0.6 is 23.2 Å². The molecule has 0 unspecified atom stereocenters. The van der Waals surface area contributed by atoms with Crippen molar-refractivity contribution in [3.63, 3.8) is 0 Å². The number of benzene rings is 2. The third-order valence-electron chi connectivity index (χ3n) is 6.58. The molecular formula is C27H29Cl2N5O. The van der Waals surface area contributed by atoms with Crippen LogP contribution in [0.4, 0.5) is 5.82 Å². The van der Waals surface area contributed by atoms with E-state index in [1.54, 1.807) is 0 Å². The maximum atomic E-state index is 6.34. The molecule has 4 aromatic rings. The molecular weight excluding hydrogens is 481 g/mol. The Morgan fingerprint density at radius 3 is 2.57 bits per heavy atom. The van der Waals surface area contributed by atoms with Gasteiger partial charge in [-0.05, 0) is 67.6 Å². The van der Waals surface area contributed by atoms with Crippen molar-refractivity contribution < 1.29 is 4.74 Å². The lowest BCUT2D eigenvalue weighted by molar-refractivity contribution is 0.303. The highest BCUT2D eigenvalue weighted by atomic mass is 35.5. The van der Waals surface area contributed by atoms with Gasteiger partial charge in [0.2, 0.25) is 5.28 Å². The highest BCUT2D eigenvalue weighted by molar-refractivity contribution is 6.30. The van der Waals surface area contributed by atoms with E-state index in [0.29, 0.717) is 29.6 Å². The van der Waals surface area contributed by atoms with Gasteiger partial charge < -0.3 is 14.6 Å². The number of halogens is 2. The van der Waals surface area contributed by atoms with Gasteiger partial charge in [-0.3, -0.25) is 0 Å². The van der Waals surface area contributed by atoms with Gasteiger partial charge in [-0.25, -0.2) is 4.98 Å². The molecule has 0 bridgehead atoms. The molecule has 1 N–H and O–H groups in total. The third kappa shape index (κ3) is 5.24. The number of rotatable bonds is 9. The number of fused-ring (bicyclic) bond motifs is 1. The fourth-order valence-corrected chi connectivity index (χ4v) is 4.83. The van der Waals surface area contributed by atoms with Gasteiger partial charge in [0, 0.05) is 18.1 Å². The molecule has 5 rings (SSSR count). The molecule has 1 aliphatic carbocycles. The minimum atomic E-state index is 0.181. The fourth-order valence-electron chi connectivity index (χ4n) is 4.54. The van der Waals surface area contributed by atoms with E-state index in [-0.39, 0.29) is 5.28 Å². The second kappa shape index (κ2) is 10.4. The maximum Gasteiger partial charge on any atom is 0.226 e. The van der Waals surface area contributed by atoms with Crippen molar-refractivity contribution in [3.8, 4) is 17.1 Å². The second-order valence-corrected chi connectivity index (χ2v) is 9.88. The zero-order valence-electron chi connectivity index (χ0n) is 20.0. The van der Waals surface area contributed by atoms with Gasteiger partial charge in [-0.15, -0.1) is 0 Å². The average molecular weight is 510 g/mol. The molecule has 6 nitrogen and oxygen atoms in total. The van der Waals surface area contributed by atoms with Gasteiger partial charge in [0.05, 0.1) is 12.2 Å². The van der Waals surface area contributed by atoms with Crippen LogP contribution in [0.15, 0.2) is 42.5 Å². The van der Waals surface area contributed by atoms with Crippen LogP contribution in [0.3, 0.4) is 0 Å². The summed E-state index contributed by atoms with van der Waals surface area (Å²) in [6.45, 7) is 6.02. The standard InChI is InChI=1S/C27H29Cl2N5O/c1-3-35-22-12-7-17(2)15-21(22)26-31-25-23(34(26)16-19-8-10-20(28)11-9-19)24(32-27(29)33-25)30-14-13-18-5-4-6-18/h7-12,15,18H,3-6,13-14,16H2,1-2H3,(H,30,32,33). The Kier molecular flexibility index (Phi) is 7.12. The summed E-state index contributed by atoms with van der Waals surface area (Å²) in [6.07, 6.45) is 5.08. The van der Waals surface area contributed by atoms with Gasteiger partial charge in [-0.1, -0.05) is 54.6 Å². The van der Waals surface area contributed by atoms with E-state index in [1.807, 2.05) is 43.3 Å². The van der Waals surface area contributed by atoms with Crippen molar-refractivity contribution in [3.05, 3.63) is 63.9 Å². The Bertz CT molecular complexity index is 1330. The highest BCUT2D eigenvalue weighted by Crippen LogP contribution is 2.36. The Balaban J connectivity index is 1.65. The Labute approximate surface area is 215 Å². The topological polar surface area (TPSA) is 64.9 Å². The molecule has 2 aromatic carbocycles. The molecule has 0 aliphatic heterocycles. The lowest BCUT2D eigenvalue weighted by Gasteiger charge is -2.25. The summed E-state index contributed by atoms with van der Waals surface area (Å²) < 4.78 is 8.13. The molecule has 2 heterocycles. The number of aromatic nitrogens is 4. The van der Waals surface area contributed by atoms with Crippen molar-refractivity contribution in [2.45, 2.75) is 46.1 Å². The first-order valence-electron chi connectivity index (χ1n) is 12.2. The lowest BCUT2D eigenvalue weighted by atomic mass is 9.83. The quantitative estimate of drug-likeness (QED) is 0.242. The number of nitrogens with zero attached hydrogens (tertiary/aromatic N) is 4. The number of hydrogen-bond donors (Lipinski definition) is 1. The summed E-state index contributed by atoms with van der Waals surface area (Å²) >= 11 is 12.5. The summed E-state index contributed by atoms with van der Waals surface area (Å²) in [5.41, 5.74) is 4.52. The smallest absolute Gasteiger partial charge is 0.226 e. The van der Waals surface area contributed by atoms with Crippen LogP contribution in [0.25, 0.3) is 22.6 Å². The first-order valence-corrected chi connectivity index (χ1v) is 12.9. The van der Waals surface area contributed by atoms with Gasteiger partial charge in [0.1, 0.15) is 17.1 Å². The highest BCUT2D eigenvalue weighted by Gasteiger charge is 2.23. The number of aryl methyl sites for hydroxylation is 1. The molecule has 1 aliphatic rings. The van der Waals surface area contributed by atoms with E-state index >= 15 is 0 Å². The third-order valence-corrected chi connectivity index (χ3v) is 7.00. The molecule has 8 heteroatoms. The predicted octanol–water partition coefficient (Wildman–Crippen LogP) is 7.16. The fraction of sp³-hybridized carbons (Fsp3) is 0.370. The summed E-state index contributed by atoms with van der Waals surface area (Å²) in [5, 5.41) is 4.42. The number of anilines is 1. The zero-order chi connectivity index (χ0) is 24.4. The Morgan fingerprint density at radius 2 is 1.86 bits per heavy atom. The van der Waals surface area contributed by atoms with Gasteiger partial charge in [-0.2, -0.15) is 9.97 Å². The summed E-state index contributed by atoms with van der Waals surface area (Å²) in [7, 11) is 0. The zero-order valence-corrected chi connectivity index (χ0v) is 21.5. The van der Waals surface area contributed by atoms with E-state index in [2.05, 4.69) is 32.8 Å². The largest absolute Gasteiger partial charge is 0.493 e. The van der Waals surface area contributed by atoms with Crippen LogP contribution in [0.1, 0.15) is 43.7 Å². The molecule has 182 valence electrons. The molecule has 1 fully saturated rings. The molecule has 0 spiro atoms. The van der Waals surface area contributed by atoms with E-state index < -0.39 is 0 Å². The van der Waals surface area contributed by atoms with Crippen molar-refractivity contribution in [1.82, 2.24) is 19.5 Å².